The fourth-order valence-corrected chi connectivity index (χ4v) is 1.33. The second kappa shape index (κ2) is 5.78. The SMILES string of the molecule is CNCC(C)OCCc1cnn(C)c1. The third-order valence-corrected chi connectivity index (χ3v) is 2.04. The van der Waals surface area contributed by atoms with Crippen molar-refractivity contribution >= 4 is 0 Å². The summed E-state index contributed by atoms with van der Waals surface area (Å²) in [5.41, 5.74) is 1.23. The molecule has 0 fully saturated rings. The highest BCUT2D eigenvalue weighted by molar-refractivity contribution is 5.03. The van der Waals surface area contributed by atoms with E-state index in [4.69, 9.17) is 4.74 Å². The molecule has 1 aromatic rings. The Kier molecular flexibility index (Phi) is 4.62. The minimum absolute atomic E-state index is 0.275. The van der Waals surface area contributed by atoms with Crippen molar-refractivity contribution in [3.8, 4) is 0 Å². The van der Waals surface area contributed by atoms with Crippen LogP contribution in [0.15, 0.2) is 12.4 Å². The lowest BCUT2D eigenvalue weighted by Crippen LogP contribution is -2.24. The first-order valence-electron chi connectivity index (χ1n) is 4.96. The molecule has 0 aliphatic carbocycles. The molecular weight excluding hydrogens is 178 g/mol. The maximum atomic E-state index is 5.60. The molecule has 14 heavy (non-hydrogen) atoms. The number of nitrogens with one attached hydrogen (secondary N) is 1. The Labute approximate surface area is 85.3 Å². The second-order valence-corrected chi connectivity index (χ2v) is 3.51. The van der Waals surface area contributed by atoms with E-state index in [9.17, 15) is 0 Å². The van der Waals surface area contributed by atoms with Crippen LogP contribution in [0.25, 0.3) is 0 Å². The van der Waals surface area contributed by atoms with Crippen molar-refractivity contribution in [1.29, 1.82) is 0 Å². The van der Waals surface area contributed by atoms with Gasteiger partial charge in [-0.3, -0.25) is 4.68 Å². The van der Waals surface area contributed by atoms with Gasteiger partial charge < -0.3 is 10.1 Å². The van der Waals surface area contributed by atoms with Gasteiger partial charge in [-0.2, -0.15) is 5.10 Å². The van der Waals surface area contributed by atoms with Gasteiger partial charge in [-0.25, -0.2) is 0 Å². The van der Waals surface area contributed by atoms with E-state index in [-0.39, 0.29) is 6.10 Å². The summed E-state index contributed by atoms with van der Waals surface area (Å²) in [4.78, 5) is 0. The maximum Gasteiger partial charge on any atom is 0.0671 e. The number of aromatic nitrogens is 2. The molecule has 1 aromatic heterocycles. The van der Waals surface area contributed by atoms with Gasteiger partial charge in [-0.1, -0.05) is 0 Å². The molecule has 4 heteroatoms. The van der Waals surface area contributed by atoms with Crippen molar-refractivity contribution < 1.29 is 4.74 Å². The third kappa shape index (κ3) is 3.89. The van der Waals surface area contributed by atoms with Crippen LogP contribution in [-0.2, 0) is 18.2 Å². The molecule has 0 aliphatic rings. The van der Waals surface area contributed by atoms with Crippen molar-refractivity contribution in [1.82, 2.24) is 15.1 Å². The van der Waals surface area contributed by atoms with E-state index in [2.05, 4.69) is 17.3 Å². The van der Waals surface area contributed by atoms with Crippen LogP contribution >= 0.6 is 0 Å². The normalized spacial score (nSPS) is 13.1. The highest BCUT2D eigenvalue weighted by Crippen LogP contribution is 1.99. The smallest absolute Gasteiger partial charge is 0.0671 e. The predicted octanol–water partition coefficient (Wildman–Crippen LogP) is 0.587. The summed E-state index contributed by atoms with van der Waals surface area (Å²) in [7, 11) is 3.86. The Morgan fingerprint density at radius 1 is 1.64 bits per heavy atom. The monoisotopic (exact) mass is 197 g/mol. The van der Waals surface area contributed by atoms with Gasteiger partial charge in [0.25, 0.3) is 0 Å². The highest BCUT2D eigenvalue weighted by atomic mass is 16.5. The van der Waals surface area contributed by atoms with Gasteiger partial charge in [-0.05, 0) is 26.0 Å². The average molecular weight is 197 g/mol. The molecule has 4 nitrogen and oxygen atoms in total. The zero-order valence-corrected chi connectivity index (χ0v) is 9.16. The molecule has 0 bridgehead atoms. The van der Waals surface area contributed by atoms with E-state index in [1.54, 1.807) is 0 Å². The number of likely N-dealkylation sites (N-methyl/N-ethyl adjacent to an activating group) is 1. The summed E-state index contributed by atoms with van der Waals surface area (Å²) in [6, 6.07) is 0. The van der Waals surface area contributed by atoms with Gasteiger partial charge in [0.15, 0.2) is 0 Å². The molecule has 0 saturated heterocycles. The molecule has 0 aliphatic heterocycles. The Balaban J connectivity index is 2.15. The standard InChI is InChI=1S/C10H19N3O/c1-9(6-11-2)14-5-4-10-7-12-13(3)8-10/h7-9,11H,4-6H2,1-3H3. The summed E-state index contributed by atoms with van der Waals surface area (Å²) in [5, 5.41) is 7.18. The number of hydrogen-bond acceptors (Lipinski definition) is 3. The Morgan fingerprint density at radius 3 is 3.00 bits per heavy atom. The average Bonchev–Trinajstić information content (AvgIpc) is 2.52. The summed E-state index contributed by atoms with van der Waals surface area (Å²) < 4.78 is 7.41. The van der Waals surface area contributed by atoms with Crippen molar-refractivity contribution in [3.05, 3.63) is 18.0 Å². The zero-order chi connectivity index (χ0) is 10.4. The molecule has 1 N–H and O–H groups in total. The first-order valence-corrected chi connectivity index (χ1v) is 4.96. The van der Waals surface area contributed by atoms with Crippen molar-refractivity contribution in [3.63, 3.8) is 0 Å². The molecule has 0 spiro atoms. The molecular formula is C10H19N3O. The molecule has 1 rings (SSSR count). The van der Waals surface area contributed by atoms with E-state index in [0.29, 0.717) is 0 Å². The van der Waals surface area contributed by atoms with Crippen LogP contribution < -0.4 is 5.32 Å². The van der Waals surface area contributed by atoms with Gasteiger partial charge in [-0.15, -0.1) is 0 Å². The number of nitrogens with zero attached hydrogens (tertiary/aromatic N) is 2. The van der Waals surface area contributed by atoms with Crippen LogP contribution in [0.4, 0.5) is 0 Å². The third-order valence-electron chi connectivity index (χ3n) is 2.04. The first-order chi connectivity index (χ1) is 6.72. The molecule has 0 radical (unpaired) electrons. The van der Waals surface area contributed by atoms with E-state index >= 15 is 0 Å². The van der Waals surface area contributed by atoms with Crippen molar-refractivity contribution in [2.75, 3.05) is 20.2 Å². The van der Waals surface area contributed by atoms with Gasteiger partial charge in [0.05, 0.1) is 18.9 Å². The Morgan fingerprint density at radius 2 is 2.43 bits per heavy atom. The molecule has 0 saturated carbocycles. The molecule has 1 atom stereocenters. The highest BCUT2D eigenvalue weighted by Gasteiger charge is 2.01. The van der Waals surface area contributed by atoms with Crippen LogP contribution in [0.1, 0.15) is 12.5 Å². The van der Waals surface area contributed by atoms with Crippen molar-refractivity contribution in [2.24, 2.45) is 7.05 Å². The van der Waals surface area contributed by atoms with Crippen LogP contribution in [0.3, 0.4) is 0 Å². The van der Waals surface area contributed by atoms with Crippen LogP contribution in [0, 0.1) is 0 Å². The number of ether oxygens (including phenoxy) is 1. The Bertz CT molecular complexity index is 260. The summed E-state index contributed by atoms with van der Waals surface area (Å²) in [6.07, 6.45) is 5.11. The second-order valence-electron chi connectivity index (χ2n) is 3.51. The molecule has 1 unspecified atom stereocenters. The number of rotatable bonds is 6. The lowest BCUT2D eigenvalue weighted by molar-refractivity contribution is 0.0696. The summed E-state index contributed by atoms with van der Waals surface area (Å²) in [5.74, 6) is 0. The maximum absolute atomic E-state index is 5.60. The predicted molar refractivity (Wildman–Crippen MR) is 56.3 cm³/mol. The first kappa shape index (κ1) is 11.2. The fourth-order valence-electron chi connectivity index (χ4n) is 1.33. The number of aryl methyl sites for hydroxylation is 1. The van der Waals surface area contributed by atoms with Crippen LogP contribution in [-0.4, -0.2) is 36.1 Å². The number of hydrogen-bond donors (Lipinski definition) is 1. The minimum atomic E-state index is 0.275. The van der Waals surface area contributed by atoms with Crippen LogP contribution in [0.2, 0.25) is 0 Å². The zero-order valence-electron chi connectivity index (χ0n) is 9.16. The Hall–Kier alpha value is -0.870. The van der Waals surface area contributed by atoms with E-state index in [0.717, 1.165) is 19.6 Å². The molecule has 0 amide bonds. The van der Waals surface area contributed by atoms with E-state index in [1.807, 2.05) is 31.2 Å². The lowest BCUT2D eigenvalue weighted by atomic mass is 10.3. The van der Waals surface area contributed by atoms with Gasteiger partial charge >= 0.3 is 0 Å². The molecule has 1 heterocycles. The fraction of sp³-hybridized carbons (Fsp3) is 0.700. The molecule has 80 valence electrons. The van der Waals surface area contributed by atoms with E-state index < -0.39 is 0 Å². The van der Waals surface area contributed by atoms with Crippen LogP contribution in [0.5, 0.6) is 0 Å². The quantitative estimate of drug-likeness (QED) is 0.725. The largest absolute Gasteiger partial charge is 0.377 e. The summed E-state index contributed by atoms with van der Waals surface area (Å²) >= 11 is 0. The topological polar surface area (TPSA) is 39.1 Å². The minimum Gasteiger partial charge on any atom is -0.377 e. The van der Waals surface area contributed by atoms with Gasteiger partial charge in [0.2, 0.25) is 0 Å². The summed E-state index contributed by atoms with van der Waals surface area (Å²) in [6.45, 7) is 3.72. The lowest BCUT2D eigenvalue weighted by Gasteiger charge is -2.11. The van der Waals surface area contributed by atoms with Gasteiger partial charge in [0.1, 0.15) is 0 Å². The van der Waals surface area contributed by atoms with E-state index in [1.165, 1.54) is 5.56 Å². The van der Waals surface area contributed by atoms with Gasteiger partial charge in [0, 0.05) is 19.8 Å². The van der Waals surface area contributed by atoms with Crippen molar-refractivity contribution in [2.45, 2.75) is 19.4 Å². The molecule has 0 aromatic carbocycles.